The van der Waals surface area contributed by atoms with Crippen molar-refractivity contribution in [2.45, 2.75) is 87.7 Å². The fraction of sp³-hybridized carbons (Fsp3) is 0.606. The van der Waals surface area contributed by atoms with Crippen molar-refractivity contribution in [3.8, 4) is 0 Å². The molecule has 0 aromatic heterocycles. The number of fused-ring (bicyclic) bond motifs is 1. The van der Waals surface area contributed by atoms with Crippen LogP contribution in [-0.2, 0) is 19.1 Å². The molecule has 2 unspecified atom stereocenters. The predicted octanol–water partition coefficient (Wildman–Crippen LogP) is 5.37. The summed E-state index contributed by atoms with van der Waals surface area (Å²) in [5.41, 5.74) is 2.83. The Kier molecular flexibility index (Phi) is 10.1. The molecule has 4 rings (SSSR count). The van der Waals surface area contributed by atoms with E-state index in [0.717, 1.165) is 48.9 Å². The van der Waals surface area contributed by atoms with Gasteiger partial charge in [-0.1, -0.05) is 30.4 Å². The van der Waals surface area contributed by atoms with Crippen LogP contribution in [0.15, 0.2) is 43.5 Å². The largest absolute Gasteiger partial charge is 0.465 e. The summed E-state index contributed by atoms with van der Waals surface area (Å²) in [6.07, 6.45) is 9.65. The van der Waals surface area contributed by atoms with Crippen LogP contribution in [0.25, 0.3) is 0 Å². The first kappa shape index (κ1) is 31.4. The highest BCUT2D eigenvalue weighted by molar-refractivity contribution is 8.02. The maximum atomic E-state index is 14.8. The van der Waals surface area contributed by atoms with Gasteiger partial charge in [0.05, 0.1) is 23.2 Å². The van der Waals surface area contributed by atoms with Gasteiger partial charge >= 0.3 is 5.97 Å². The summed E-state index contributed by atoms with van der Waals surface area (Å²) in [7, 11) is 0. The molecule has 0 aliphatic carbocycles. The minimum absolute atomic E-state index is 0.0947. The average molecular weight is 583 g/mol. The van der Waals surface area contributed by atoms with E-state index >= 15 is 0 Å². The summed E-state index contributed by atoms with van der Waals surface area (Å²) in [5.74, 6) is -1.72. The quantitative estimate of drug-likeness (QED) is 0.170. The Bertz CT molecular complexity index is 1150. The van der Waals surface area contributed by atoms with Crippen LogP contribution in [0.4, 0.5) is 5.69 Å². The average Bonchev–Trinajstić information content (AvgIpc) is 3.50. The minimum Gasteiger partial charge on any atom is -0.465 e. The summed E-state index contributed by atoms with van der Waals surface area (Å²) in [4.78, 5) is 46.3. The molecular formula is C33H46N2O5S. The van der Waals surface area contributed by atoms with Crippen LogP contribution < -0.4 is 4.90 Å². The topological polar surface area (TPSA) is 87.1 Å². The number of para-hydroxylation sites is 1. The van der Waals surface area contributed by atoms with Gasteiger partial charge in [-0.2, -0.15) is 0 Å². The lowest BCUT2D eigenvalue weighted by Crippen LogP contribution is -2.55. The van der Waals surface area contributed by atoms with Crippen LogP contribution in [0.3, 0.4) is 0 Å². The molecule has 1 N–H and O–H groups in total. The van der Waals surface area contributed by atoms with Crippen molar-refractivity contribution in [3.05, 3.63) is 54.6 Å². The molecule has 2 bridgehead atoms. The number of aliphatic hydroxyl groups is 1. The van der Waals surface area contributed by atoms with Crippen molar-refractivity contribution in [1.82, 2.24) is 4.90 Å². The van der Waals surface area contributed by atoms with Crippen molar-refractivity contribution in [3.63, 3.8) is 0 Å². The highest BCUT2D eigenvalue weighted by atomic mass is 32.2. The number of aliphatic hydroxyl groups excluding tert-OH is 1. The second-order valence-corrected chi connectivity index (χ2v) is 13.9. The number of amides is 2. The third-order valence-corrected chi connectivity index (χ3v) is 11.1. The number of hydrogen-bond donors (Lipinski definition) is 1. The Morgan fingerprint density at radius 3 is 2.51 bits per heavy atom. The lowest BCUT2D eigenvalue weighted by atomic mass is 9.66. The molecule has 1 aromatic carbocycles. The number of benzene rings is 1. The number of rotatable bonds is 15. The van der Waals surface area contributed by atoms with E-state index in [1.54, 1.807) is 27.6 Å². The molecule has 3 saturated heterocycles. The Labute approximate surface area is 249 Å². The zero-order valence-electron chi connectivity index (χ0n) is 24.9. The van der Waals surface area contributed by atoms with Crippen LogP contribution in [0.1, 0.15) is 69.4 Å². The number of hydrogen-bond acceptors (Lipinski definition) is 6. The zero-order valence-corrected chi connectivity index (χ0v) is 25.7. The number of nitrogens with zero attached hydrogens (tertiary/aromatic N) is 2. The number of carbonyl (C=O) groups excluding carboxylic acids is 3. The summed E-state index contributed by atoms with van der Waals surface area (Å²) in [6, 6.07) is 5.29. The van der Waals surface area contributed by atoms with Crippen molar-refractivity contribution in [1.29, 1.82) is 0 Å². The summed E-state index contributed by atoms with van der Waals surface area (Å²) >= 11 is 1.67. The Hall–Kier alpha value is -2.58. The molecule has 5 atom stereocenters. The molecule has 3 fully saturated rings. The van der Waals surface area contributed by atoms with E-state index in [1.807, 2.05) is 38.1 Å². The summed E-state index contributed by atoms with van der Waals surface area (Å²) in [5, 5.41) is 9.31. The summed E-state index contributed by atoms with van der Waals surface area (Å²) in [6.45, 7) is 14.9. The first-order valence-corrected chi connectivity index (χ1v) is 15.9. The molecule has 3 heterocycles. The van der Waals surface area contributed by atoms with E-state index in [0.29, 0.717) is 39.0 Å². The first-order valence-electron chi connectivity index (χ1n) is 15.0. The molecule has 224 valence electrons. The minimum atomic E-state index is -0.692. The van der Waals surface area contributed by atoms with Crippen LogP contribution in [-0.4, -0.2) is 69.6 Å². The lowest BCUT2D eigenvalue weighted by molar-refractivity contribution is -0.155. The van der Waals surface area contributed by atoms with Gasteiger partial charge in [-0.15, -0.1) is 24.9 Å². The normalized spacial score (nSPS) is 28.0. The van der Waals surface area contributed by atoms with Gasteiger partial charge in [0.1, 0.15) is 6.04 Å². The molecule has 41 heavy (non-hydrogen) atoms. The van der Waals surface area contributed by atoms with Crippen molar-refractivity contribution < 1.29 is 24.2 Å². The van der Waals surface area contributed by atoms with Crippen molar-refractivity contribution in [2.75, 3.05) is 31.2 Å². The predicted molar refractivity (Wildman–Crippen MR) is 165 cm³/mol. The smallest absolute Gasteiger partial charge is 0.311 e. The maximum Gasteiger partial charge on any atom is 0.311 e. The number of anilines is 1. The number of esters is 1. The molecule has 0 radical (unpaired) electrons. The van der Waals surface area contributed by atoms with Crippen LogP contribution >= 0.6 is 11.8 Å². The van der Waals surface area contributed by atoms with E-state index in [9.17, 15) is 19.5 Å². The number of aryl methyl sites for hydroxylation is 2. The Morgan fingerprint density at radius 2 is 1.85 bits per heavy atom. The molecule has 8 heteroatoms. The van der Waals surface area contributed by atoms with E-state index < -0.39 is 27.4 Å². The number of thioether (sulfide) groups is 1. The van der Waals surface area contributed by atoms with Gasteiger partial charge < -0.3 is 19.6 Å². The van der Waals surface area contributed by atoms with E-state index in [4.69, 9.17) is 4.74 Å². The van der Waals surface area contributed by atoms with E-state index in [1.165, 1.54) is 0 Å². The molecule has 3 aliphatic rings. The fourth-order valence-electron chi connectivity index (χ4n) is 7.33. The first-order chi connectivity index (χ1) is 19.7. The maximum absolute atomic E-state index is 14.8. The van der Waals surface area contributed by atoms with Gasteiger partial charge in [0.15, 0.2) is 0 Å². The fourth-order valence-corrected chi connectivity index (χ4v) is 9.67. The monoisotopic (exact) mass is 582 g/mol. The SMILES string of the molecule is C=CCCCCOC(=O)[C@@H]1[C@H]2C(=O)N(CCCCCO)C(C(=O)N(CC=C)c3c(C)cccc3C)C23CC[C@@]1(C)S3. The molecular weight excluding hydrogens is 536 g/mol. The number of carbonyl (C=O) groups is 3. The molecule has 1 spiro atoms. The van der Waals surface area contributed by atoms with Crippen molar-refractivity contribution in [2.24, 2.45) is 11.8 Å². The Balaban J connectivity index is 1.71. The molecule has 3 aliphatic heterocycles. The number of ether oxygens (including phenoxy) is 1. The van der Waals surface area contributed by atoms with E-state index in [-0.39, 0.29) is 24.4 Å². The third-order valence-electron chi connectivity index (χ3n) is 9.16. The van der Waals surface area contributed by atoms with Gasteiger partial charge in [0.25, 0.3) is 5.91 Å². The van der Waals surface area contributed by atoms with Crippen LogP contribution in [0.5, 0.6) is 0 Å². The number of unbranched alkanes of at least 4 members (excludes halogenated alkanes) is 4. The van der Waals surface area contributed by atoms with Crippen LogP contribution in [0.2, 0.25) is 0 Å². The number of likely N-dealkylation sites (tertiary alicyclic amines) is 1. The lowest BCUT2D eigenvalue weighted by Gasteiger charge is -2.38. The van der Waals surface area contributed by atoms with Crippen LogP contribution in [0, 0.1) is 25.7 Å². The highest BCUT2D eigenvalue weighted by Crippen LogP contribution is 2.71. The second-order valence-electron chi connectivity index (χ2n) is 12.0. The van der Waals surface area contributed by atoms with Gasteiger partial charge in [0.2, 0.25) is 5.91 Å². The van der Waals surface area contributed by atoms with Gasteiger partial charge in [-0.3, -0.25) is 14.4 Å². The molecule has 7 nitrogen and oxygen atoms in total. The number of allylic oxidation sites excluding steroid dienone is 1. The zero-order chi connectivity index (χ0) is 29.8. The second kappa shape index (κ2) is 13.2. The molecule has 1 aromatic rings. The highest BCUT2D eigenvalue weighted by Gasteiger charge is 2.77. The molecule has 2 amide bonds. The van der Waals surface area contributed by atoms with Gasteiger partial charge in [-0.25, -0.2) is 0 Å². The Morgan fingerprint density at radius 1 is 1.12 bits per heavy atom. The third kappa shape index (κ3) is 5.74. The van der Waals surface area contributed by atoms with Crippen molar-refractivity contribution >= 4 is 35.2 Å². The standard InChI is InChI=1S/C33H46N2O5S/c1-6-8-9-13-22-40-31(39)26-25-29(37)35(20-11-10-12-21-36)28(33(25)18-17-32(26,5)41-33)30(38)34(19-7-2)27-23(3)15-14-16-24(27)4/h6-7,14-16,25-26,28,36H,1-2,8-13,17-22H2,3-5H3/t25-,26-,28?,32+,33?/m0/s1. The van der Waals surface area contributed by atoms with Gasteiger partial charge in [-0.05, 0) is 83.3 Å². The summed E-state index contributed by atoms with van der Waals surface area (Å²) < 4.78 is 4.63. The van der Waals surface area contributed by atoms with E-state index in [2.05, 4.69) is 20.1 Å². The molecule has 0 saturated carbocycles. The van der Waals surface area contributed by atoms with Gasteiger partial charge in [0, 0.05) is 30.1 Å².